The van der Waals surface area contributed by atoms with Crippen molar-refractivity contribution in [2.24, 2.45) is 5.92 Å². The highest BCUT2D eigenvalue weighted by molar-refractivity contribution is 4.67. The monoisotopic (exact) mass is 274 g/mol. The first-order valence-electron chi connectivity index (χ1n) is 7.49. The second-order valence-electron chi connectivity index (χ2n) is 6.33. The van der Waals surface area contributed by atoms with Gasteiger partial charge in [0, 0.05) is 12.6 Å². The van der Waals surface area contributed by atoms with E-state index in [0.29, 0.717) is 25.1 Å². The molecule has 0 fully saturated rings. The smallest absolute Gasteiger partial charge is 0.0897 e. The minimum Gasteiger partial charge on any atom is -0.389 e. The summed E-state index contributed by atoms with van der Waals surface area (Å²) >= 11 is 0. The number of hydrogen-bond acceptors (Lipinski definition) is 4. The molecular weight excluding hydrogens is 240 g/mol. The molecule has 0 amide bonds. The van der Waals surface area contributed by atoms with Gasteiger partial charge in [0.15, 0.2) is 0 Å². The van der Waals surface area contributed by atoms with Crippen molar-refractivity contribution >= 4 is 0 Å². The van der Waals surface area contributed by atoms with Crippen molar-refractivity contribution in [1.29, 1.82) is 0 Å². The molecule has 0 heterocycles. The van der Waals surface area contributed by atoms with Crippen molar-refractivity contribution in [2.75, 3.05) is 33.8 Å². The van der Waals surface area contributed by atoms with Gasteiger partial charge in [0.1, 0.15) is 0 Å². The number of rotatable bonds is 11. The zero-order chi connectivity index (χ0) is 14.8. The molecule has 0 aliphatic carbocycles. The van der Waals surface area contributed by atoms with Crippen molar-refractivity contribution in [3.8, 4) is 0 Å². The van der Waals surface area contributed by atoms with E-state index in [4.69, 9.17) is 4.74 Å². The maximum absolute atomic E-state index is 9.86. The quantitative estimate of drug-likeness (QED) is 0.602. The van der Waals surface area contributed by atoms with E-state index in [2.05, 4.69) is 52.0 Å². The van der Waals surface area contributed by atoms with Crippen LogP contribution in [0.5, 0.6) is 0 Å². The third-order valence-electron chi connectivity index (χ3n) is 3.09. The van der Waals surface area contributed by atoms with E-state index >= 15 is 0 Å². The van der Waals surface area contributed by atoms with E-state index in [1.165, 1.54) is 0 Å². The highest BCUT2D eigenvalue weighted by Crippen LogP contribution is 2.07. The van der Waals surface area contributed by atoms with Crippen LogP contribution in [0.3, 0.4) is 0 Å². The SMILES string of the molecule is CC(C)CC(C)OCC(O)CNC(C)CCN(C)C. The van der Waals surface area contributed by atoms with Crippen LogP contribution < -0.4 is 5.32 Å². The normalized spacial score (nSPS) is 16.9. The topological polar surface area (TPSA) is 44.7 Å². The summed E-state index contributed by atoms with van der Waals surface area (Å²) in [6, 6.07) is 0.421. The Morgan fingerprint density at radius 2 is 1.79 bits per heavy atom. The fraction of sp³-hybridized carbons (Fsp3) is 1.00. The molecule has 0 spiro atoms. The number of nitrogens with one attached hydrogen (secondary N) is 1. The van der Waals surface area contributed by atoms with Crippen LogP contribution in [0.2, 0.25) is 0 Å². The second-order valence-corrected chi connectivity index (χ2v) is 6.33. The van der Waals surface area contributed by atoms with Gasteiger partial charge in [0.25, 0.3) is 0 Å². The number of aliphatic hydroxyl groups is 1. The summed E-state index contributed by atoms with van der Waals surface area (Å²) in [5.41, 5.74) is 0. The average Bonchev–Trinajstić information content (AvgIpc) is 2.30. The van der Waals surface area contributed by atoms with Crippen LogP contribution in [0.4, 0.5) is 0 Å². The number of hydrogen-bond donors (Lipinski definition) is 2. The summed E-state index contributed by atoms with van der Waals surface area (Å²) in [5.74, 6) is 0.635. The third-order valence-corrected chi connectivity index (χ3v) is 3.09. The standard InChI is InChI=1S/C15H34N2O2/c1-12(2)9-14(4)19-11-15(18)10-16-13(3)7-8-17(5)6/h12-16,18H,7-11H2,1-6H3. The molecular formula is C15H34N2O2. The molecule has 116 valence electrons. The van der Waals surface area contributed by atoms with Crippen LogP contribution in [0.15, 0.2) is 0 Å². The van der Waals surface area contributed by atoms with Gasteiger partial charge in [-0.3, -0.25) is 0 Å². The van der Waals surface area contributed by atoms with Gasteiger partial charge < -0.3 is 20.1 Å². The van der Waals surface area contributed by atoms with Crippen molar-refractivity contribution < 1.29 is 9.84 Å². The molecule has 4 heteroatoms. The Labute approximate surface area is 119 Å². The lowest BCUT2D eigenvalue weighted by atomic mass is 10.1. The van der Waals surface area contributed by atoms with Crippen molar-refractivity contribution in [1.82, 2.24) is 10.2 Å². The van der Waals surface area contributed by atoms with Crippen molar-refractivity contribution in [2.45, 2.75) is 58.8 Å². The molecule has 0 radical (unpaired) electrons. The second kappa shape index (κ2) is 10.6. The first-order chi connectivity index (χ1) is 8.81. The van der Waals surface area contributed by atoms with Crippen LogP contribution in [0, 0.1) is 5.92 Å². The van der Waals surface area contributed by atoms with E-state index in [1.807, 2.05) is 0 Å². The fourth-order valence-corrected chi connectivity index (χ4v) is 1.96. The van der Waals surface area contributed by atoms with E-state index in [-0.39, 0.29) is 6.10 Å². The van der Waals surface area contributed by atoms with Gasteiger partial charge in [-0.2, -0.15) is 0 Å². The number of ether oxygens (including phenoxy) is 1. The zero-order valence-electron chi connectivity index (χ0n) is 13.6. The van der Waals surface area contributed by atoms with Gasteiger partial charge in [-0.25, -0.2) is 0 Å². The molecule has 3 atom stereocenters. The predicted molar refractivity (Wildman–Crippen MR) is 81.5 cm³/mol. The molecule has 0 aliphatic heterocycles. The molecule has 4 nitrogen and oxygen atoms in total. The summed E-state index contributed by atoms with van der Waals surface area (Å²) in [6.45, 7) is 10.7. The van der Waals surface area contributed by atoms with Crippen LogP contribution in [0.25, 0.3) is 0 Å². The molecule has 0 bridgehead atoms. The molecule has 0 rings (SSSR count). The molecule has 0 aromatic rings. The first kappa shape index (κ1) is 18.8. The molecule has 19 heavy (non-hydrogen) atoms. The van der Waals surface area contributed by atoms with Crippen LogP contribution in [-0.4, -0.2) is 62.0 Å². The van der Waals surface area contributed by atoms with E-state index in [0.717, 1.165) is 19.4 Å². The number of nitrogens with zero attached hydrogens (tertiary/aromatic N) is 1. The maximum atomic E-state index is 9.86. The molecule has 0 saturated carbocycles. The van der Waals surface area contributed by atoms with Crippen molar-refractivity contribution in [3.63, 3.8) is 0 Å². The zero-order valence-corrected chi connectivity index (χ0v) is 13.6. The number of aliphatic hydroxyl groups excluding tert-OH is 1. The summed E-state index contributed by atoms with van der Waals surface area (Å²) in [7, 11) is 4.15. The Kier molecular flexibility index (Phi) is 10.5. The van der Waals surface area contributed by atoms with Crippen molar-refractivity contribution in [3.05, 3.63) is 0 Å². The Morgan fingerprint density at radius 3 is 2.32 bits per heavy atom. The Bertz CT molecular complexity index is 210. The molecule has 0 aromatic carbocycles. The van der Waals surface area contributed by atoms with Gasteiger partial charge in [-0.1, -0.05) is 13.8 Å². The van der Waals surface area contributed by atoms with Gasteiger partial charge in [0.2, 0.25) is 0 Å². The Hall–Kier alpha value is -0.160. The van der Waals surface area contributed by atoms with E-state index in [1.54, 1.807) is 0 Å². The molecule has 0 aromatic heterocycles. The first-order valence-corrected chi connectivity index (χ1v) is 7.49. The summed E-state index contributed by atoms with van der Waals surface area (Å²) in [6.07, 6.45) is 1.93. The fourth-order valence-electron chi connectivity index (χ4n) is 1.96. The maximum Gasteiger partial charge on any atom is 0.0897 e. The largest absolute Gasteiger partial charge is 0.389 e. The molecule has 0 aliphatic rings. The van der Waals surface area contributed by atoms with Gasteiger partial charge >= 0.3 is 0 Å². The summed E-state index contributed by atoms with van der Waals surface area (Å²) in [5, 5.41) is 13.2. The van der Waals surface area contributed by atoms with Crippen LogP contribution in [0.1, 0.15) is 40.5 Å². The lowest BCUT2D eigenvalue weighted by molar-refractivity contribution is -0.00922. The van der Waals surface area contributed by atoms with Gasteiger partial charge in [-0.15, -0.1) is 0 Å². The molecule has 0 saturated heterocycles. The van der Waals surface area contributed by atoms with E-state index in [9.17, 15) is 5.11 Å². The van der Waals surface area contributed by atoms with Crippen LogP contribution in [-0.2, 0) is 4.74 Å². The predicted octanol–water partition coefficient (Wildman–Crippen LogP) is 1.73. The Morgan fingerprint density at radius 1 is 1.16 bits per heavy atom. The summed E-state index contributed by atoms with van der Waals surface area (Å²) < 4.78 is 5.65. The average molecular weight is 274 g/mol. The highest BCUT2D eigenvalue weighted by Gasteiger charge is 2.11. The van der Waals surface area contributed by atoms with Gasteiger partial charge in [-0.05, 0) is 53.2 Å². The van der Waals surface area contributed by atoms with E-state index < -0.39 is 6.10 Å². The van der Waals surface area contributed by atoms with Crippen LogP contribution >= 0.6 is 0 Å². The third kappa shape index (κ3) is 12.6. The minimum atomic E-state index is -0.420. The lowest BCUT2D eigenvalue weighted by Crippen LogP contribution is -2.37. The lowest BCUT2D eigenvalue weighted by Gasteiger charge is -2.21. The molecule has 2 N–H and O–H groups in total. The molecule has 3 unspecified atom stereocenters. The Balaban J connectivity index is 3.60. The summed E-state index contributed by atoms with van der Waals surface area (Å²) in [4.78, 5) is 2.17. The minimum absolute atomic E-state index is 0.223. The van der Waals surface area contributed by atoms with Gasteiger partial charge in [0.05, 0.1) is 18.8 Å². The highest BCUT2D eigenvalue weighted by atomic mass is 16.5.